The third-order valence-corrected chi connectivity index (χ3v) is 10.6. The summed E-state index contributed by atoms with van der Waals surface area (Å²) in [6.07, 6.45) is -1.21. The van der Waals surface area contributed by atoms with Crippen LogP contribution in [-0.2, 0) is 29.4 Å². The summed E-state index contributed by atoms with van der Waals surface area (Å²) in [6, 6.07) is 42.2. The molecule has 2 aliphatic rings. The normalized spacial score (nSPS) is 16.4. The number of nitrogens with zero attached hydrogens (tertiary/aromatic N) is 1. The van der Waals surface area contributed by atoms with Crippen molar-refractivity contribution in [2.45, 2.75) is 56.0 Å². The number of nitrogens with one attached hydrogen (secondary N) is 2. The molecule has 0 radical (unpaired) electrons. The number of hydrogen-bond donors (Lipinski definition) is 3. The lowest BCUT2D eigenvalue weighted by molar-refractivity contribution is -0.156. The topological polar surface area (TPSA) is 134 Å². The Morgan fingerprint density at radius 2 is 1.24 bits per heavy atom. The quantitative estimate of drug-likeness (QED) is 0.120. The zero-order chi connectivity index (χ0) is 38.6. The van der Waals surface area contributed by atoms with Crippen molar-refractivity contribution in [3.63, 3.8) is 0 Å². The van der Waals surface area contributed by atoms with Crippen LogP contribution >= 0.6 is 0 Å². The third kappa shape index (κ3) is 7.33. The number of hydrogen-bond acceptors (Lipinski definition) is 6. The van der Waals surface area contributed by atoms with Crippen molar-refractivity contribution in [1.82, 2.24) is 15.5 Å². The van der Waals surface area contributed by atoms with Gasteiger partial charge >= 0.3 is 12.1 Å². The van der Waals surface area contributed by atoms with E-state index in [1.807, 2.05) is 140 Å². The number of alkyl carbamates (subject to hydrolysis) is 1. The van der Waals surface area contributed by atoms with Crippen LogP contribution in [0.1, 0.15) is 60.4 Å². The molecule has 280 valence electrons. The molecule has 1 saturated heterocycles. The first-order chi connectivity index (χ1) is 26.6. The van der Waals surface area contributed by atoms with E-state index >= 15 is 0 Å². The monoisotopic (exact) mass is 737 g/mol. The molecule has 3 N–H and O–H groups in total. The first-order valence-electron chi connectivity index (χ1n) is 18.4. The number of amides is 3. The first-order valence-corrected chi connectivity index (χ1v) is 18.4. The Kier molecular flexibility index (Phi) is 10.5. The highest BCUT2D eigenvalue weighted by atomic mass is 16.6. The van der Waals surface area contributed by atoms with Gasteiger partial charge in [-0.3, -0.25) is 14.5 Å². The summed E-state index contributed by atoms with van der Waals surface area (Å²) >= 11 is 0. The van der Waals surface area contributed by atoms with Crippen molar-refractivity contribution in [1.29, 1.82) is 0 Å². The van der Waals surface area contributed by atoms with Crippen LogP contribution in [-0.4, -0.2) is 64.9 Å². The second-order valence-corrected chi connectivity index (χ2v) is 14.3. The lowest BCUT2D eigenvalue weighted by Crippen LogP contribution is -2.58. The van der Waals surface area contributed by atoms with Gasteiger partial charge in [0.1, 0.15) is 23.9 Å². The second-order valence-electron chi connectivity index (χ2n) is 14.3. The SMILES string of the molecule is CC1(C)OC[C@@H](C(=O)O)N1C(=O)[C@H](CCC(=O)NC(c1ccccc1)(c1ccccc1)c1ccccc1)NC(=O)OCC1c2ccccc2-c2ccccc21. The number of rotatable bonds is 12. The number of fused-ring (bicyclic) bond motifs is 3. The molecule has 0 bridgehead atoms. The van der Waals surface area contributed by atoms with Gasteiger partial charge in [0.2, 0.25) is 11.8 Å². The molecule has 55 heavy (non-hydrogen) atoms. The molecule has 1 aliphatic carbocycles. The highest BCUT2D eigenvalue weighted by Gasteiger charge is 2.49. The van der Waals surface area contributed by atoms with E-state index in [4.69, 9.17) is 9.47 Å². The van der Waals surface area contributed by atoms with Crippen LogP contribution in [0.15, 0.2) is 140 Å². The molecule has 1 heterocycles. The van der Waals surface area contributed by atoms with Crippen LogP contribution in [0.5, 0.6) is 0 Å². The van der Waals surface area contributed by atoms with Crippen LogP contribution in [0.3, 0.4) is 0 Å². The Morgan fingerprint density at radius 3 is 1.73 bits per heavy atom. The minimum atomic E-state index is -1.32. The molecule has 5 aromatic carbocycles. The van der Waals surface area contributed by atoms with Gasteiger partial charge in [-0.1, -0.05) is 140 Å². The fourth-order valence-corrected chi connectivity index (χ4v) is 7.94. The maximum Gasteiger partial charge on any atom is 0.407 e. The van der Waals surface area contributed by atoms with Gasteiger partial charge in [-0.25, -0.2) is 9.59 Å². The van der Waals surface area contributed by atoms with E-state index in [1.54, 1.807) is 13.8 Å². The summed E-state index contributed by atoms with van der Waals surface area (Å²) < 4.78 is 11.5. The summed E-state index contributed by atoms with van der Waals surface area (Å²) in [7, 11) is 0. The number of carboxylic acids is 1. The van der Waals surface area contributed by atoms with Gasteiger partial charge in [-0.05, 0) is 59.2 Å². The summed E-state index contributed by atoms with van der Waals surface area (Å²) in [5.41, 5.74) is 4.28. The molecule has 1 aliphatic heterocycles. The Labute approximate surface area is 320 Å². The maximum atomic E-state index is 14.3. The summed E-state index contributed by atoms with van der Waals surface area (Å²) in [4.78, 5) is 55.6. The van der Waals surface area contributed by atoms with Crippen molar-refractivity contribution in [3.05, 3.63) is 167 Å². The first kappa shape index (κ1) is 37.1. The van der Waals surface area contributed by atoms with Gasteiger partial charge in [-0.15, -0.1) is 0 Å². The molecule has 5 aromatic rings. The Balaban J connectivity index is 1.15. The standard InChI is InChI=1S/C45H43N3O7/c1-44(2)48(39(29-55-44)42(51)52)41(50)38(46-43(53)54-28-37-35-24-14-12-22-33(35)34-23-13-15-25-36(34)37)26-27-40(49)47-45(30-16-6-3-7-17-30,31-18-8-4-9-19-31)32-20-10-5-11-21-32/h3-25,37-39H,26-29H2,1-2H3,(H,46,53)(H,47,49)(H,51,52)/t38-,39-/m0/s1. The average Bonchev–Trinajstić information content (AvgIpc) is 3.71. The number of ether oxygens (including phenoxy) is 2. The third-order valence-electron chi connectivity index (χ3n) is 10.6. The molecule has 10 heteroatoms. The van der Waals surface area contributed by atoms with Gasteiger partial charge in [0.05, 0.1) is 6.61 Å². The molecule has 0 saturated carbocycles. The average molecular weight is 738 g/mol. The molecule has 0 unspecified atom stereocenters. The van der Waals surface area contributed by atoms with Gasteiger partial charge in [0.15, 0.2) is 6.04 Å². The molecular formula is C45H43N3O7. The van der Waals surface area contributed by atoms with E-state index in [0.717, 1.165) is 43.8 Å². The van der Waals surface area contributed by atoms with Gasteiger partial charge in [0, 0.05) is 12.3 Å². The fourth-order valence-electron chi connectivity index (χ4n) is 7.94. The second kappa shape index (κ2) is 15.6. The van der Waals surface area contributed by atoms with Crippen LogP contribution < -0.4 is 10.6 Å². The van der Waals surface area contributed by atoms with E-state index in [-0.39, 0.29) is 32.0 Å². The number of carbonyl (C=O) groups excluding carboxylic acids is 3. The Morgan fingerprint density at radius 1 is 0.764 bits per heavy atom. The predicted molar refractivity (Wildman–Crippen MR) is 207 cm³/mol. The fraction of sp³-hybridized carbons (Fsp3) is 0.244. The van der Waals surface area contributed by atoms with Crippen molar-refractivity contribution in [2.75, 3.05) is 13.2 Å². The zero-order valence-electron chi connectivity index (χ0n) is 30.7. The van der Waals surface area contributed by atoms with Crippen LogP contribution in [0, 0.1) is 0 Å². The van der Waals surface area contributed by atoms with Gasteiger partial charge < -0.3 is 25.2 Å². The van der Waals surface area contributed by atoms with Crippen molar-refractivity contribution in [2.24, 2.45) is 0 Å². The largest absolute Gasteiger partial charge is 0.480 e. The number of carbonyl (C=O) groups is 4. The van der Waals surface area contributed by atoms with Crippen molar-refractivity contribution < 1.29 is 33.8 Å². The number of aliphatic carboxylic acids is 1. The van der Waals surface area contributed by atoms with E-state index in [0.29, 0.717) is 0 Å². The van der Waals surface area contributed by atoms with Crippen LogP contribution in [0.25, 0.3) is 11.1 Å². The Bertz CT molecular complexity index is 2030. The predicted octanol–water partition coefficient (Wildman–Crippen LogP) is 6.83. The molecule has 0 spiro atoms. The molecule has 7 rings (SSSR count). The summed E-state index contributed by atoms with van der Waals surface area (Å²) in [5.74, 6) is -2.55. The van der Waals surface area contributed by atoms with Crippen LogP contribution in [0.4, 0.5) is 4.79 Å². The number of benzene rings is 5. The summed E-state index contributed by atoms with van der Waals surface area (Å²) in [6.45, 7) is 2.97. The molecule has 1 fully saturated rings. The van der Waals surface area contributed by atoms with Gasteiger partial charge in [0.25, 0.3) is 0 Å². The highest BCUT2D eigenvalue weighted by molar-refractivity contribution is 5.91. The minimum absolute atomic E-state index is 0.00503. The van der Waals surface area contributed by atoms with E-state index in [1.165, 1.54) is 0 Å². The van der Waals surface area contributed by atoms with E-state index in [2.05, 4.69) is 10.6 Å². The molecule has 0 aromatic heterocycles. The van der Waals surface area contributed by atoms with E-state index < -0.39 is 47.2 Å². The van der Waals surface area contributed by atoms with Gasteiger partial charge in [-0.2, -0.15) is 0 Å². The molecule has 10 nitrogen and oxygen atoms in total. The van der Waals surface area contributed by atoms with Crippen molar-refractivity contribution in [3.8, 4) is 11.1 Å². The molecular weight excluding hydrogens is 695 g/mol. The maximum absolute atomic E-state index is 14.3. The van der Waals surface area contributed by atoms with Crippen molar-refractivity contribution >= 4 is 23.9 Å². The number of carboxylic acid groups (broad SMARTS) is 1. The lowest BCUT2D eigenvalue weighted by atomic mass is 9.77. The Hall–Kier alpha value is -6.26. The zero-order valence-corrected chi connectivity index (χ0v) is 30.7. The minimum Gasteiger partial charge on any atom is -0.480 e. The summed E-state index contributed by atoms with van der Waals surface area (Å²) in [5, 5.41) is 16.0. The smallest absolute Gasteiger partial charge is 0.407 e. The van der Waals surface area contributed by atoms with Crippen LogP contribution in [0.2, 0.25) is 0 Å². The van der Waals surface area contributed by atoms with E-state index in [9.17, 15) is 24.3 Å². The highest BCUT2D eigenvalue weighted by Crippen LogP contribution is 2.44. The lowest BCUT2D eigenvalue weighted by Gasteiger charge is -2.37. The molecule has 3 amide bonds. The molecule has 2 atom stereocenters.